The van der Waals surface area contributed by atoms with Gasteiger partial charge >= 0.3 is 0 Å². The van der Waals surface area contributed by atoms with E-state index in [1.807, 2.05) is 25.1 Å². The molecule has 0 aliphatic carbocycles. The zero-order chi connectivity index (χ0) is 15.7. The van der Waals surface area contributed by atoms with Crippen LogP contribution in [-0.4, -0.2) is 55.8 Å². The first-order valence-corrected chi connectivity index (χ1v) is 7.88. The number of nitrogens with zero attached hydrogens (tertiary/aromatic N) is 1. The Labute approximate surface area is 131 Å². The molecular weight excluding hydrogens is 280 g/mol. The minimum Gasteiger partial charge on any atom is -0.496 e. The van der Waals surface area contributed by atoms with Crippen LogP contribution in [0.5, 0.6) is 5.75 Å². The van der Waals surface area contributed by atoms with E-state index >= 15 is 0 Å². The Hall–Kier alpha value is -1.59. The van der Waals surface area contributed by atoms with Crippen molar-refractivity contribution >= 4 is 5.91 Å². The van der Waals surface area contributed by atoms with Gasteiger partial charge in [-0.2, -0.15) is 0 Å². The van der Waals surface area contributed by atoms with Crippen molar-refractivity contribution in [1.29, 1.82) is 0 Å². The van der Waals surface area contributed by atoms with Crippen LogP contribution in [0.3, 0.4) is 0 Å². The van der Waals surface area contributed by atoms with Crippen molar-refractivity contribution in [3.8, 4) is 5.75 Å². The molecule has 3 atom stereocenters. The molecule has 0 spiro atoms. The predicted octanol–water partition coefficient (Wildman–Crippen LogP) is 1.60. The Morgan fingerprint density at radius 3 is 2.95 bits per heavy atom. The van der Waals surface area contributed by atoms with E-state index in [9.17, 15) is 4.79 Å². The highest BCUT2D eigenvalue weighted by Gasteiger charge is 2.36. The second kappa shape index (κ2) is 6.26. The first-order valence-electron chi connectivity index (χ1n) is 7.88. The van der Waals surface area contributed by atoms with Crippen LogP contribution in [0.2, 0.25) is 0 Å². The third kappa shape index (κ3) is 3.10. The van der Waals surface area contributed by atoms with E-state index in [0.29, 0.717) is 11.6 Å². The molecule has 0 saturated carbocycles. The molecule has 120 valence electrons. The molecule has 3 rings (SSSR count). The first-order chi connectivity index (χ1) is 10.6. The lowest BCUT2D eigenvalue weighted by atomic mass is 10.1. The number of aryl methyl sites for hydroxylation is 1. The molecule has 0 radical (unpaired) electrons. The summed E-state index contributed by atoms with van der Waals surface area (Å²) in [6.07, 6.45) is 1.25. The van der Waals surface area contributed by atoms with Gasteiger partial charge in [0.05, 0.1) is 19.8 Å². The normalized spacial score (nSPS) is 28.2. The van der Waals surface area contributed by atoms with Gasteiger partial charge in [-0.25, -0.2) is 0 Å². The molecule has 5 heteroatoms. The van der Waals surface area contributed by atoms with Gasteiger partial charge < -0.3 is 14.8 Å². The number of methoxy groups -OCH3 is 1. The van der Waals surface area contributed by atoms with Crippen molar-refractivity contribution in [3.05, 3.63) is 29.3 Å². The highest BCUT2D eigenvalue weighted by Crippen LogP contribution is 2.24. The minimum absolute atomic E-state index is 0.00966. The Balaban J connectivity index is 1.61. The van der Waals surface area contributed by atoms with Crippen molar-refractivity contribution in [2.24, 2.45) is 0 Å². The first kappa shape index (κ1) is 15.3. The number of hydrogen-bond donors (Lipinski definition) is 1. The summed E-state index contributed by atoms with van der Waals surface area (Å²) in [7, 11) is 1.64. The van der Waals surface area contributed by atoms with Gasteiger partial charge in [0, 0.05) is 30.7 Å². The second-order valence-electron chi connectivity index (χ2n) is 6.34. The van der Waals surface area contributed by atoms with E-state index in [1.54, 1.807) is 7.11 Å². The lowest BCUT2D eigenvalue weighted by Gasteiger charge is -2.33. The molecule has 2 heterocycles. The van der Waals surface area contributed by atoms with Gasteiger partial charge in [-0.3, -0.25) is 9.69 Å². The van der Waals surface area contributed by atoms with Gasteiger partial charge in [0.1, 0.15) is 5.75 Å². The van der Waals surface area contributed by atoms with Crippen LogP contribution in [0.25, 0.3) is 0 Å². The highest BCUT2D eigenvalue weighted by molar-refractivity contribution is 5.94. The minimum atomic E-state index is -0.00966. The van der Waals surface area contributed by atoms with Crippen LogP contribution in [-0.2, 0) is 4.74 Å². The Bertz CT molecular complexity index is 561. The molecular formula is C17H24N2O3. The summed E-state index contributed by atoms with van der Waals surface area (Å²) in [4.78, 5) is 14.8. The number of carbonyl (C=O) groups is 1. The number of rotatable bonds is 3. The van der Waals surface area contributed by atoms with E-state index < -0.39 is 0 Å². The zero-order valence-corrected chi connectivity index (χ0v) is 13.5. The monoisotopic (exact) mass is 304 g/mol. The summed E-state index contributed by atoms with van der Waals surface area (Å²) >= 11 is 0. The molecule has 0 unspecified atom stereocenters. The van der Waals surface area contributed by atoms with Crippen molar-refractivity contribution in [3.63, 3.8) is 0 Å². The summed E-state index contributed by atoms with van der Waals surface area (Å²) in [5.41, 5.74) is 1.66. The molecule has 0 aromatic heterocycles. The average molecular weight is 304 g/mol. The summed E-state index contributed by atoms with van der Waals surface area (Å²) in [5.74, 6) is 0.797. The van der Waals surface area contributed by atoms with Crippen LogP contribution in [0.4, 0.5) is 0 Å². The van der Waals surface area contributed by atoms with E-state index in [4.69, 9.17) is 9.47 Å². The number of hydrogen-bond acceptors (Lipinski definition) is 4. The third-order valence-electron chi connectivity index (χ3n) is 4.58. The molecule has 2 aliphatic heterocycles. The maximum atomic E-state index is 12.4. The Kier molecular flexibility index (Phi) is 4.36. The fraction of sp³-hybridized carbons (Fsp3) is 0.588. The topological polar surface area (TPSA) is 50.8 Å². The summed E-state index contributed by atoms with van der Waals surface area (Å²) in [6, 6.07) is 6.18. The molecule has 2 aliphatic rings. The molecule has 1 N–H and O–H groups in total. The van der Waals surface area contributed by atoms with E-state index in [2.05, 4.69) is 17.1 Å². The van der Waals surface area contributed by atoms with Crippen LogP contribution < -0.4 is 10.1 Å². The van der Waals surface area contributed by atoms with Crippen molar-refractivity contribution in [2.75, 3.05) is 26.8 Å². The molecule has 0 bridgehead atoms. The van der Waals surface area contributed by atoms with Crippen molar-refractivity contribution < 1.29 is 14.3 Å². The number of carbonyl (C=O) groups excluding carboxylic acids is 1. The standard InChI is InChI=1S/C17H24N2O3/c1-11-6-13(4-5-16(11)21-3)17(20)18-14-7-15-10-22-12(2)8-19(15)9-14/h4-6,12,14-15H,7-10H2,1-3H3,(H,18,20)/t12-,14+,15+/m1/s1. The van der Waals surface area contributed by atoms with Crippen LogP contribution in [0.1, 0.15) is 29.3 Å². The van der Waals surface area contributed by atoms with Gasteiger partial charge in [-0.15, -0.1) is 0 Å². The maximum absolute atomic E-state index is 12.4. The predicted molar refractivity (Wildman–Crippen MR) is 84.4 cm³/mol. The lowest BCUT2D eigenvalue weighted by Crippen LogP contribution is -2.45. The smallest absolute Gasteiger partial charge is 0.251 e. The maximum Gasteiger partial charge on any atom is 0.251 e. The summed E-state index contributed by atoms with van der Waals surface area (Å²) < 4.78 is 10.9. The largest absolute Gasteiger partial charge is 0.496 e. The SMILES string of the molecule is COc1ccc(C(=O)N[C@H]2C[C@H]3CO[C@H](C)CN3C2)cc1C. The Morgan fingerprint density at radius 1 is 1.41 bits per heavy atom. The highest BCUT2D eigenvalue weighted by atomic mass is 16.5. The van der Waals surface area contributed by atoms with Gasteiger partial charge in [0.15, 0.2) is 0 Å². The Morgan fingerprint density at radius 2 is 2.23 bits per heavy atom. The van der Waals surface area contributed by atoms with Crippen molar-refractivity contribution in [2.45, 2.75) is 38.5 Å². The van der Waals surface area contributed by atoms with Crippen LogP contribution in [0.15, 0.2) is 18.2 Å². The van der Waals surface area contributed by atoms with Crippen molar-refractivity contribution in [1.82, 2.24) is 10.2 Å². The zero-order valence-electron chi connectivity index (χ0n) is 13.5. The second-order valence-corrected chi connectivity index (χ2v) is 6.34. The average Bonchev–Trinajstić information content (AvgIpc) is 2.88. The van der Waals surface area contributed by atoms with Crippen LogP contribution in [0, 0.1) is 6.92 Å². The lowest BCUT2D eigenvalue weighted by molar-refractivity contribution is -0.0390. The number of benzene rings is 1. The van der Waals surface area contributed by atoms with Gasteiger partial charge in [-0.05, 0) is 44.0 Å². The number of nitrogens with one attached hydrogen (secondary N) is 1. The van der Waals surface area contributed by atoms with Gasteiger partial charge in [0.2, 0.25) is 0 Å². The quantitative estimate of drug-likeness (QED) is 0.921. The van der Waals surface area contributed by atoms with Crippen LogP contribution >= 0.6 is 0 Å². The fourth-order valence-corrected chi connectivity index (χ4v) is 3.43. The van der Waals surface area contributed by atoms with Gasteiger partial charge in [0.25, 0.3) is 5.91 Å². The molecule has 5 nitrogen and oxygen atoms in total. The third-order valence-corrected chi connectivity index (χ3v) is 4.58. The number of morpholine rings is 1. The molecule has 22 heavy (non-hydrogen) atoms. The molecule has 2 fully saturated rings. The fourth-order valence-electron chi connectivity index (χ4n) is 3.43. The van der Waals surface area contributed by atoms with E-state index in [1.165, 1.54) is 0 Å². The van der Waals surface area contributed by atoms with E-state index in [0.717, 1.165) is 37.4 Å². The van der Waals surface area contributed by atoms with Gasteiger partial charge in [-0.1, -0.05) is 0 Å². The number of ether oxygens (including phenoxy) is 2. The summed E-state index contributed by atoms with van der Waals surface area (Å²) in [5, 5.41) is 3.15. The molecule has 1 amide bonds. The molecule has 1 aromatic carbocycles. The summed E-state index contributed by atoms with van der Waals surface area (Å²) in [6.45, 7) is 6.69. The number of amides is 1. The molecule has 2 saturated heterocycles. The van der Waals surface area contributed by atoms with E-state index in [-0.39, 0.29) is 18.1 Å². The molecule has 1 aromatic rings. The number of fused-ring (bicyclic) bond motifs is 1.